The third-order valence-electron chi connectivity index (χ3n) is 12.6. The molecule has 1 aromatic heterocycles. The minimum atomic E-state index is -0.893. The predicted octanol–water partition coefficient (Wildman–Crippen LogP) is 7.65. The maximum atomic E-state index is 13.3. The van der Waals surface area contributed by atoms with Crippen LogP contribution in [-0.2, 0) is 22.6 Å². The first-order valence-electron chi connectivity index (χ1n) is 23.1. The molecule has 3 unspecified atom stereocenters. The lowest BCUT2D eigenvalue weighted by Gasteiger charge is -2.43. The van der Waals surface area contributed by atoms with Crippen molar-refractivity contribution in [2.24, 2.45) is 5.92 Å². The second-order valence-electron chi connectivity index (χ2n) is 17.6. The molecule has 0 saturated carbocycles. The Balaban J connectivity index is 0.777. The van der Waals surface area contributed by atoms with E-state index in [4.69, 9.17) is 14.2 Å². The van der Waals surface area contributed by atoms with Crippen molar-refractivity contribution in [2.75, 3.05) is 44.6 Å². The Morgan fingerprint density at radius 2 is 1.59 bits per heavy atom. The van der Waals surface area contributed by atoms with Crippen LogP contribution in [-0.4, -0.2) is 94.6 Å². The van der Waals surface area contributed by atoms with E-state index < -0.39 is 24.2 Å². The van der Waals surface area contributed by atoms with Gasteiger partial charge in [0.2, 0.25) is 5.56 Å². The zero-order chi connectivity index (χ0) is 47.6. The van der Waals surface area contributed by atoms with Gasteiger partial charge in [0.25, 0.3) is 0 Å². The molecule has 3 amide bonds. The first-order valence-corrected chi connectivity index (χ1v) is 23.1. The minimum absolute atomic E-state index is 0.00374. The molecule has 3 aliphatic rings. The molecule has 6 aromatic rings. The number of urea groups is 1. The summed E-state index contributed by atoms with van der Waals surface area (Å²) >= 11 is 0. The number of aliphatic hydroxyl groups is 1. The smallest absolute Gasteiger partial charge is 0.408 e. The number of benzene rings is 5. The van der Waals surface area contributed by atoms with E-state index in [1.165, 1.54) is 12.1 Å². The summed E-state index contributed by atoms with van der Waals surface area (Å²) in [6, 6.07) is 36.8. The van der Waals surface area contributed by atoms with Gasteiger partial charge in [0.15, 0.2) is 0 Å². The number of aliphatic hydroxyl groups excluding tert-OH is 1. The Kier molecular flexibility index (Phi) is 15.3. The number of amides is 3. The highest BCUT2D eigenvalue weighted by Gasteiger charge is 2.37. The maximum absolute atomic E-state index is 13.3. The number of hydrogen-bond donors (Lipinski definition) is 6. The van der Waals surface area contributed by atoms with Crippen molar-refractivity contribution >= 4 is 34.7 Å². The van der Waals surface area contributed by atoms with Gasteiger partial charge in [-0.05, 0) is 122 Å². The maximum Gasteiger partial charge on any atom is 0.408 e. The number of rotatable bonds is 18. The number of esters is 1. The number of aromatic nitrogens is 1. The van der Waals surface area contributed by atoms with Gasteiger partial charge in [0.05, 0.1) is 29.8 Å². The number of alkyl carbamates (subject to hydrolysis) is 1. The van der Waals surface area contributed by atoms with Crippen LogP contribution in [0.5, 0.6) is 11.5 Å². The van der Waals surface area contributed by atoms with Gasteiger partial charge in [-0.25, -0.2) is 14.4 Å². The molecule has 15 nitrogen and oxygen atoms in total. The predicted molar refractivity (Wildman–Crippen MR) is 259 cm³/mol. The number of hydrogen-bond acceptors (Lipinski definition) is 11. The number of nitrogens with one attached hydrogen (secondary N) is 4. The van der Waals surface area contributed by atoms with Gasteiger partial charge in [-0.3, -0.25) is 9.69 Å². The average Bonchev–Trinajstić information content (AvgIpc) is 3.35. The summed E-state index contributed by atoms with van der Waals surface area (Å²) in [6.45, 7) is 7.78. The quantitative estimate of drug-likeness (QED) is 0.0464. The highest BCUT2D eigenvalue weighted by Crippen LogP contribution is 2.32. The fourth-order valence-corrected chi connectivity index (χ4v) is 8.85. The molecule has 2 bridgehead atoms. The largest absolute Gasteiger partial charge is 0.506 e. The topological polar surface area (TPSA) is 195 Å². The van der Waals surface area contributed by atoms with Crippen LogP contribution in [0.15, 0.2) is 132 Å². The van der Waals surface area contributed by atoms with Gasteiger partial charge >= 0.3 is 18.1 Å². The summed E-state index contributed by atoms with van der Waals surface area (Å²) in [5, 5.41) is 30.8. The van der Waals surface area contributed by atoms with Crippen molar-refractivity contribution < 1.29 is 38.8 Å². The Morgan fingerprint density at radius 3 is 2.31 bits per heavy atom. The van der Waals surface area contributed by atoms with Crippen LogP contribution in [0.2, 0.25) is 0 Å². The molecule has 5 aromatic carbocycles. The fraction of sp³-hybridized carbons (Fsp3) is 0.321. The lowest BCUT2D eigenvalue weighted by atomic mass is 9.86. The number of ether oxygens (including phenoxy) is 3. The van der Waals surface area contributed by atoms with E-state index in [9.17, 15) is 29.4 Å². The normalized spacial score (nSPS) is 17.3. The van der Waals surface area contributed by atoms with Crippen LogP contribution in [0, 0.1) is 5.92 Å². The van der Waals surface area contributed by atoms with Crippen LogP contribution in [0.25, 0.3) is 10.9 Å². The van der Waals surface area contributed by atoms with E-state index >= 15 is 0 Å². The number of piperidine rings is 3. The molecule has 3 fully saturated rings. The molecule has 6 N–H and O–H groups in total. The molecule has 68 heavy (non-hydrogen) atoms. The summed E-state index contributed by atoms with van der Waals surface area (Å²) < 4.78 is 17.7. The molecule has 0 aliphatic carbocycles. The fourth-order valence-electron chi connectivity index (χ4n) is 8.85. The van der Waals surface area contributed by atoms with Crippen LogP contribution >= 0.6 is 0 Å². The number of aromatic hydroxyl groups is 1. The van der Waals surface area contributed by atoms with Crippen molar-refractivity contribution in [1.82, 2.24) is 25.4 Å². The summed E-state index contributed by atoms with van der Waals surface area (Å²) in [5.74, 6) is 0.450. The van der Waals surface area contributed by atoms with Crippen LogP contribution < -0.4 is 26.2 Å². The van der Waals surface area contributed by atoms with E-state index in [1.54, 1.807) is 41.3 Å². The first kappa shape index (κ1) is 47.3. The zero-order valence-electron chi connectivity index (χ0n) is 38.2. The molecule has 3 atom stereocenters. The van der Waals surface area contributed by atoms with Crippen molar-refractivity contribution in [3.8, 4) is 11.5 Å². The summed E-state index contributed by atoms with van der Waals surface area (Å²) in [7, 11) is 0. The number of H-pyrrole nitrogens is 1. The Labute approximate surface area is 395 Å². The van der Waals surface area contributed by atoms with Crippen LogP contribution in [0.1, 0.15) is 77.0 Å². The number of nitrogens with zero attached hydrogens (tertiary/aromatic N) is 2. The number of fused-ring (bicyclic) bond motifs is 4. The van der Waals surface area contributed by atoms with Gasteiger partial charge in [0.1, 0.15) is 30.8 Å². The lowest BCUT2D eigenvalue weighted by Crippen LogP contribution is -2.52. The molecule has 15 heteroatoms. The zero-order valence-corrected chi connectivity index (χ0v) is 38.2. The van der Waals surface area contributed by atoms with E-state index in [1.807, 2.05) is 92.7 Å². The number of phenolic OH excluding ortho intramolecular Hbond substituents is 1. The number of carbonyl (C=O) groups is 3. The number of aromatic amines is 1. The van der Waals surface area contributed by atoms with Gasteiger partial charge in [-0.15, -0.1) is 0 Å². The van der Waals surface area contributed by atoms with Crippen molar-refractivity contribution in [3.63, 3.8) is 0 Å². The molecule has 3 saturated heterocycles. The Bertz CT molecular complexity index is 2720. The van der Waals surface area contributed by atoms with E-state index in [2.05, 4.69) is 25.8 Å². The van der Waals surface area contributed by atoms with Crippen LogP contribution in [0.3, 0.4) is 0 Å². The molecular formula is C53H58N6O9. The molecular weight excluding hydrogens is 865 g/mol. The monoisotopic (exact) mass is 922 g/mol. The summed E-state index contributed by atoms with van der Waals surface area (Å²) in [6.07, 6.45) is 0.677. The lowest BCUT2D eigenvalue weighted by molar-refractivity contribution is -0.0336. The number of anilines is 1. The van der Waals surface area contributed by atoms with Crippen molar-refractivity contribution in [3.05, 3.63) is 171 Å². The molecule has 9 rings (SSSR count). The number of pyridine rings is 1. The molecule has 0 spiro atoms. The minimum Gasteiger partial charge on any atom is -0.506 e. The third-order valence-corrected chi connectivity index (χ3v) is 12.6. The molecule has 3 aliphatic heterocycles. The Morgan fingerprint density at radius 1 is 0.853 bits per heavy atom. The molecule has 354 valence electrons. The standard InChI is InChI=1S/C53H58N6O9/c1-34(2)59(52(64)55-41-17-13-35(14-18-41)30-54-31-46(61)43-19-21-45(60)50-44(43)20-22-48(62)56-50)27-28-66-51(63)39-15-11-36(12-16-39)33-67-42-10-6-9-40(29-42)49(38-7-4-3-5-8-38)57-53(65)68-47-32-58-25-23-37(47)24-26-58/h3-22,29,34,37,46-47,49,54,60-61H,23-28,30-33H2,1-2H3,(H,55,64)(H,56,62)(H,57,65). The third kappa shape index (κ3) is 12.0. The second kappa shape index (κ2) is 22.1. The first-order chi connectivity index (χ1) is 33.0. The average molecular weight is 923 g/mol. The second-order valence-corrected chi connectivity index (χ2v) is 17.6. The number of carbonyl (C=O) groups excluding carboxylic acids is 3. The summed E-state index contributed by atoms with van der Waals surface area (Å²) in [5.41, 5.74) is 5.00. The van der Waals surface area contributed by atoms with E-state index in [0.717, 1.165) is 54.7 Å². The molecule has 0 radical (unpaired) electrons. The van der Waals surface area contributed by atoms with Gasteiger partial charge in [-0.2, -0.15) is 0 Å². The summed E-state index contributed by atoms with van der Waals surface area (Å²) in [4.78, 5) is 57.9. The van der Waals surface area contributed by atoms with E-state index in [-0.39, 0.29) is 61.3 Å². The van der Waals surface area contributed by atoms with Crippen LogP contribution in [0.4, 0.5) is 15.3 Å². The molecule has 4 heterocycles. The van der Waals surface area contributed by atoms with Gasteiger partial charge in [-0.1, -0.05) is 72.8 Å². The SMILES string of the molecule is CC(C)N(CCOC(=O)c1ccc(COc2cccc(C(NC(=O)OC3CN4CCC3CC4)c3ccccc3)c2)cc1)C(=O)Nc1ccc(CNCC(O)c2ccc(O)c3[nH]c(=O)ccc23)cc1. The highest BCUT2D eigenvalue weighted by molar-refractivity contribution is 5.90. The Hall–Kier alpha value is -7.20. The number of phenols is 1. The van der Waals surface area contributed by atoms with E-state index in [0.29, 0.717) is 40.4 Å². The van der Waals surface area contributed by atoms with Crippen molar-refractivity contribution in [2.45, 2.75) is 64.1 Å². The van der Waals surface area contributed by atoms with Crippen molar-refractivity contribution in [1.29, 1.82) is 0 Å². The van der Waals surface area contributed by atoms with Gasteiger partial charge < -0.3 is 50.3 Å². The van der Waals surface area contributed by atoms with Gasteiger partial charge in [0, 0.05) is 42.8 Å². The highest BCUT2D eigenvalue weighted by atomic mass is 16.6.